The van der Waals surface area contributed by atoms with Gasteiger partial charge in [0.05, 0.1) is 6.20 Å². The Morgan fingerprint density at radius 2 is 1.95 bits per heavy atom. The molecule has 0 unspecified atom stereocenters. The highest BCUT2D eigenvalue weighted by atomic mass is 16.2. The molecular weight excluding hydrogens is 272 g/mol. The largest absolute Gasteiger partial charge is 0.366 e. The van der Waals surface area contributed by atoms with E-state index >= 15 is 0 Å². The van der Waals surface area contributed by atoms with E-state index in [2.05, 4.69) is 10.4 Å². The van der Waals surface area contributed by atoms with Gasteiger partial charge in [0.15, 0.2) is 5.56 Å². The van der Waals surface area contributed by atoms with E-state index in [4.69, 9.17) is 5.26 Å². The Labute approximate surface area is 120 Å². The highest BCUT2D eigenvalue weighted by Gasteiger charge is 2.15. The smallest absolute Gasteiger partial charge is 0.332 e. The van der Waals surface area contributed by atoms with Crippen LogP contribution in [0.4, 0.5) is 5.82 Å². The van der Waals surface area contributed by atoms with Gasteiger partial charge in [-0.1, -0.05) is 0 Å². The number of rotatable bonds is 3. The van der Waals surface area contributed by atoms with Crippen molar-refractivity contribution in [3.05, 3.63) is 43.9 Å². The minimum atomic E-state index is -0.606. The van der Waals surface area contributed by atoms with E-state index in [9.17, 15) is 9.59 Å². The summed E-state index contributed by atoms with van der Waals surface area (Å²) in [6.07, 6.45) is 1.70. The quantitative estimate of drug-likeness (QED) is 0.829. The predicted molar refractivity (Wildman–Crippen MR) is 76.9 cm³/mol. The van der Waals surface area contributed by atoms with Crippen molar-refractivity contribution >= 4 is 5.82 Å². The summed E-state index contributed by atoms with van der Waals surface area (Å²) in [5.41, 5.74) is 0.723. The maximum Gasteiger partial charge on any atom is 0.332 e. The molecule has 2 heterocycles. The summed E-state index contributed by atoms with van der Waals surface area (Å²) in [6, 6.07) is 1.85. The van der Waals surface area contributed by atoms with Crippen molar-refractivity contribution in [3.63, 3.8) is 0 Å². The standard InChI is InChI=1S/C13H16N6O2/c1-8-9(7-16-19(8)4)6-15-11-10(5-14)12(20)18(3)13(21)17(11)2/h7,15H,6H2,1-4H3. The van der Waals surface area contributed by atoms with Crippen LogP contribution in [0.15, 0.2) is 15.8 Å². The van der Waals surface area contributed by atoms with Crippen molar-refractivity contribution in [2.24, 2.45) is 21.1 Å². The first kappa shape index (κ1) is 14.6. The maximum absolute atomic E-state index is 11.9. The predicted octanol–water partition coefficient (Wildman–Crippen LogP) is -0.390. The molecule has 2 rings (SSSR count). The average molecular weight is 288 g/mol. The van der Waals surface area contributed by atoms with E-state index in [1.807, 2.05) is 20.0 Å². The summed E-state index contributed by atoms with van der Waals surface area (Å²) in [4.78, 5) is 23.9. The van der Waals surface area contributed by atoms with Crippen LogP contribution < -0.4 is 16.6 Å². The zero-order chi connectivity index (χ0) is 15.7. The zero-order valence-electron chi connectivity index (χ0n) is 12.3. The zero-order valence-corrected chi connectivity index (χ0v) is 12.3. The molecule has 21 heavy (non-hydrogen) atoms. The second kappa shape index (κ2) is 5.28. The number of nitrogens with one attached hydrogen (secondary N) is 1. The van der Waals surface area contributed by atoms with Gasteiger partial charge < -0.3 is 5.32 Å². The number of hydrogen-bond donors (Lipinski definition) is 1. The van der Waals surface area contributed by atoms with Crippen LogP contribution in [0.3, 0.4) is 0 Å². The van der Waals surface area contributed by atoms with Crippen molar-refractivity contribution in [1.29, 1.82) is 5.26 Å². The molecule has 1 N–H and O–H groups in total. The molecule has 8 nitrogen and oxygen atoms in total. The van der Waals surface area contributed by atoms with E-state index < -0.39 is 11.2 Å². The topological polar surface area (TPSA) is 97.6 Å². The van der Waals surface area contributed by atoms with Gasteiger partial charge in [0.2, 0.25) is 0 Å². The molecular formula is C13H16N6O2. The SMILES string of the molecule is Cc1c(CNc2c(C#N)c(=O)n(C)c(=O)n2C)cnn1C. The van der Waals surface area contributed by atoms with Gasteiger partial charge in [0.25, 0.3) is 5.56 Å². The first-order chi connectivity index (χ1) is 9.88. The van der Waals surface area contributed by atoms with Crippen LogP contribution in [-0.4, -0.2) is 18.9 Å². The summed E-state index contributed by atoms with van der Waals surface area (Å²) < 4.78 is 3.90. The van der Waals surface area contributed by atoms with Crippen molar-refractivity contribution in [2.75, 3.05) is 5.32 Å². The summed E-state index contributed by atoms with van der Waals surface area (Å²) in [5, 5.41) is 16.3. The van der Waals surface area contributed by atoms with Gasteiger partial charge >= 0.3 is 5.69 Å². The van der Waals surface area contributed by atoms with E-state index in [-0.39, 0.29) is 11.4 Å². The molecule has 0 fully saturated rings. The van der Waals surface area contributed by atoms with Crippen molar-refractivity contribution in [3.8, 4) is 6.07 Å². The minimum absolute atomic E-state index is 0.0823. The highest BCUT2D eigenvalue weighted by molar-refractivity contribution is 5.51. The summed E-state index contributed by atoms with van der Waals surface area (Å²) in [6.45, 7) is 2.28. The van der Waals surface area contributed by atoms with E-state index in [1.54, 1.807) is 10.9 Å². The molecule has 0 radical (unpaired) electrons. The van der Waals surface area contributed by atoms with Gasteiger partial charge in [-0.15, -0.1) is 0 Å². The lowest BCUT2D eigenvalue weighted by atomic mass is 10.2. The minimum Gasteiger partial charge on any atom is -0.366 e. The number of aryl methyl sites for hydroxylation is 1. The third-order valence-corrected chi connectivity index (χ3v) is 3.56. The fourth-order valence-corrected chi connectivity index (χ4v) is 2.05. The van der Waals surface area contributed by atoms with Crippen LogP contribution in [0.5, 0.6) is 0 Å². The third kappa shape index (κ3) is 2.33. The number of nitrogens with zero attached hydrogens (tertiary/aromatic N) is 5. The Bertz CT molecular complexity index is 849. The van der Waals surface area contributed by atoms with Crippen LogP contribution in [0.1, 0.15) is 16.8 Å². The first-order valence-corrected chi connectivity index (χ1v) is 6.30. The Morgan fingerprint density at radius 3 is 2.48 bits per heavy atom. The Kier molecular flexibility index (Phi) is 3.67. The van der Waals surface area contributed by atoms with Crippen LogP contribution in [0, 0.1) is 18.3 Å². The summed E-state index contributed by atoms with van der Waals surface area (Å²) in [5.74, 6) is 0.217. The molecule has 2 aromatic rings. The fourth-order valence-electron chi connectivity index (χ4n) is 2.05. The van der Waals surface area contributed by atoms with Crippen LogP contribution >= 0.6 is 0 Å². The molecule has 8 heteroatoms. The van der Waals surface area contributed by atoms with Gasteiger partial charge in [-0.25, -0.2) is 4.79 Å². The van der Waals surface area contributed by atoms with Gasteiger partial charge in [-0.2, -0.15) is 10.4 Å². The van der Waals surface area contributed by atoms with E-state index in [0.29, 0.717) is 6.54 Å². The van der Waals surface area contributed by atoms with Crippen molar-refractivity contribution < 1.29 is 0 Å². The van der Waals surface area contributed by atoms with Gasteiger partial charge in [0, 0.05) is 38.9 Å². The molecule has 110 valence electrons. The molecule has 0 amide bonds. The van der Waals surface area contributed by atoms with Gasteiger partial charge in [-0.3, -0.25) is 18.6 Å². The Balaban J connectivity index is 2.46. The number of nitriles is 1. The van der Waals surface area contributed by atoms with Crippen molar-refractivity contribution in [2.45, 2.75) is 13.5 Å². The molecule has 0 aromatic carbocycles. The number of anilines is 1. The Hall–Kier alpha value is -2.82. The molecule has 0 saturated carbocycles. The second-order valence-electron chi connectivity index (χ2n) is 4.77. The molecule has 0 spiro atoms. The fraction of sp³-hybridized carbons (Fsp3) is 0.385. The van der Waals surface area contributed by atoms with Crippen LogP contribution in [-0.2, 0) is 27.7 Å². The van der Waals surface area contributed by atoms with E-state index in [1.165, 1.54) is 18.7 Å². The first-order valence-electron chi connectivity index (χ1n) is 6.30. The summed E-state index contributed by atoms with van der Waals surface area (Å²) in [7, 11) is 4.69. The monoisotopic (exact) mass is 288 g/mol. The van der Waals surface area contributed by atoms with Gasteiger partial charge in [0.1, 0.15) is 11.9 Å². The molecule has 0 bridgehead atoms. The van der Waals surface area contributed by atoms with Gasteiger partial charge in [-0.05, 0) is 6.92 Å². The lowest BCUT2D eigenvalue weighted by Crippen LogP contribution is -2.39. The van der Waals surface area contributed by atoms with E-state index in [0.717, 1.165) is 15.8 Å². The van der Waals surface area contributed by atoms with Crippen molar-refractivity contribution in [1.82, 2.24) is 18.9 Å². The maximum atomic E-state index is 11.9. The Morgan fingerprint density at radius 1 is 1.29 bits per heavy atom. The molecule has 0 saturated heterocycles. The molecule has 0 atom stereocenters. The lowest BCUT2D eigenvalue weighted by molar-refractivity contribution is 0.685. The molecule has 0 aliphatic carbocycles. The third-order valence-electron chi connectivity index (χ3n) is 3.56. The van der Waals surface area contributed by atoms with Crippen LogP contribution in [0.2, 0.25) is 0 Å². The molecule has 0 aliphatic rings. The highest BCUT2D eigenvalue weighted by Crippen LogP contribution is 2.11. The average Bonchev–Trinajstić information content (AvgIpc) is 2.79. The molecule has 0 aliphatic heterocycles. The summed E-state index contributed by atoms with van der Waals surface area (Å²) >= 11 is 0. The second-order valence-corrected chi connectivity index (χ2v) is 4.77. The number of aromatic nitrogens is 4. The molecule has 2 aromatic heterocycles. The van der Waals surface area contributed by atoms with Crippen LogP contribution in [0.25, 0.3) is 0 Å². The normalized spacial score (nSPS) is 10.4. The lowest BCUT2D eigenvalue weighted by Gasteiger charge is -2.13. The number of hydrogen-bond acceptors (Lipinski definition) is 5.